The summed E-state index contributed by atoms with van der Waals surface area (Å²) in [7, 11) is 2.25. The van der Waals surface area contributed by atoms with Gasteiger partial charge < -0.3 is 8.85 Å². The molecule has 78 valence electrons. The zero-order valence-corrected chi connectivity index (χ0v) is 10.2. The van der Waals surface area contributed by atoms with Crippen LogP contribution in [-0.4, -0.2) is 23.5 Å². The van der Waals surface area contributed by atoms with E-state index < -0.39 is 9.28 Å². The minimum atomic E-state index is -1.36. The van der Waals surface area contributed by atoms with E-state index in [4.69, 9.17) is 8.85 Å². The van der Waals surface area contributed by atoms with Crippen LogP contribution in [0, 0.1) is 5.92 Å². The van der Waals surface area contributed by atoms with Gasteiger partial charge in [0.05, 0.1) is 0 Å². The summed E-state index contributed by atoms with van der Waals surface area (Å²) in [4.78, 5) is 0. The van der Waals surface area contributed by atoms with Crippen molar-refractivity contribution in [2.45, 2.75) is 44.6 Å². The quantitative estimate of drug-likeness (QED) is 0.638. The molecule has 1 atom stereocenters. The highest BCUT2D eigenvalue weighted by Gasteiger charge is 2.32. The molecule has 0 radical (unpaired) electrons. The Balaban J connectivity index is 2.48. The maximum Gasteiger partial charge on any atom is 0.324 e. The van der Waals surface area contributed by atoms with Crippen molar-refractivity contribution in [3.63, 3.8) is 0 Å². The third-order valence-electron chi connectivity index (χ3n) is 3.29. The van der Waals surface area contributed by atoms with Gasteiger partial charge in [0.25, 0.3) is 0 Å². The van der Waals surface area contributed by atoms with Crippen LogP contribution >= 0.6 is 0 Å². The normalized spacial score (nSPS) is 21.2. The van der Waals surface area contributed by atoms with Gasteiger partial charge in [-0.3, -0.25) is 0 Å². The molecule has 1 fully saturated rings. The minimum absolute atomic E-state index is 0.734. The van der Waals surface area contributed by atoms with Crippen LogP contribution in [0.25, 0.3) is 0 Å². The molecule has 1 aliphatic carbocycles. The lowest BCUT2D eigenvalue weighted by atomic mass is 10.0. The van der Waals surface area contributed by atoms with Crippen LogP contribution in [0.2, 0.25) is 5.54 Å². The van der Waals surface area contributed by atoms with Gasteiger partial charge in [-0.25, -0.2) is 0 Å². The first-order valence-electron chi connectivity index (χ1n) is 5.39. The molecular weight excluding hydrogens is 180 g/mol. The molecule has 1 rings (SSSR count). The third-order valence-corrected chi connectivity index (χ3v) is 5.94. The zero-order chi connectivity index (χ0) is 9.68. The average molecular weight is 202 g/mol. The van der Waals surface area contributed by atoms with Crippen LogP contribution < -0.4 is 0 Å². The van der Waals surface area contributed by atoms with Crippen LogP contribution in [0.3, 0.4) is 0 Å². The molecule has 1 unspecified atom stereocenters. The largest absolute Gasteiger partial charge is 0.400 e. The molecule has 2 nitrogen and oxygen atoms in total. The summed E-state index contributed by atoms with van der Waals surface area (Å²) >= 11 is 0. The Hall–Kier alpha value is 0.137. The van der Waals surface area contributed by atoms with Gasteiger partial charge in [0.1, 0.15) is 0 Å². The molecule has 13 heavy (non-hydrogen) atoms. The van der Waals surface area contributed by atoms with Gasteiger partial charge in [0, 0.05) is 19.8 Å². The van der Waals surface area contributed by atoms with Crippen molar-refractivity contribution < 1.29 is 8.85 Å². The van der Waals surface area contributed by atoms with Crippen molar-refractivity contribution >= 4 is 9.28 Å². The van der Waals surface area contributed by atoms with E-state index in [0.29, 0.717) is 0 Å². The van der Waals surface area contributed by atoms with Gasteiger partial charge in [0.15, 0.2) is 0 Å². The molecular formula is C10H22O2Si. The van der Waals surface area contributed by atoms with E-state index in [1.165, 1.54) is 32.1 Å². The van der Waals surface area contributed by atoms with E-state index >= 15 is 0 Å². The minimum Gasteiger partial charge on any atom is -0.400 e. The highest BCUT2D eigenvalue weighted by molar-refractivity contribution is 6.46. The maximum atomic E-state index is 5.48. The fourth-order valence-corrected chi connectivity index (χ4v) is 4.69. The lowest BCUT2D eigenvalue weighted by molar-refractivity contribution is 0.247. The topological polar surface area (TPSA) is 18.5 Å². The highest BCUT2D eigenvalue weighted by Crippen LogP contribution is 2.38. The lowest BCUT2D eigenvalue weighted by Crippen LogP contribution is -2.30. The molecule has 0 amide bonds. The summed E-state index contributed by atoms with van der Waals surface area (Å²) in [5.74, 6) is 0.890. The molecule has 0 spiro atoms. The SMILES string of the molecule is CCC(C1CCCC1)[SiH](OC)OC. The first kappa shape index (κ1) is 11.2. The van der Waals surface area contributed by atoms with Gasteiger partial charge in [-0.05, 0) is 5.92 Å². The number of hydrogen-bond acceptors (Lipinski definition) is 2. The fourth-order valence-electron chi connectivity index (χ4n) is 2.58. The van der Waals surface area contributed by atoms with Crippen molar-refractivity contribution in [3.05, 3.63) is 0 Å². The highest BCUT2D eigenvalue weighted by atomic mass is 28.3. The van der Waals surface area contributed by atoms with Crippen molar-refractivity contribution in [2.24, 2.45) is 5.92 Å². The molecule has 0 aromatic heterocycles. The first-order chi connectivity index (χ1) is 6.33. The Labute approximate surface area is 83.5 Å². The molecule has 3 heteroatoms. The predicted octanol–water partition coefficient (Wildman–Crippen LogP) is 2.47. The summed E-state index contributed by atoms with van der Waals surface area (Å²) in [5, 5.41) is 0. The summed E-state index contributed by atoms with van der Waals surface area (Å²) in [5.41, 5.74) is 0.734. The van der Waals surface area contributed by atoms with Crippen LogP contribution in [0.15, 0.2) is 0 Å². The molecule has 0 bridgehead atoms. The second kappa shape index (κ2) is 5.78. The second-order valence-electron chi connectivity index (χ2n) is 3.96. The molecule has 0 aromatic carbocycles. The first-order valence-corrected chi connectivity index (χ1v) is 7.00. The average Bonchev–Trinajstić information content (AvgIpc) is 2.66. The van der Waals surface area contributed by atoms with E-state index in [-0.39, 0.29) is 0 Å². The van der Waals surface area contributed by atoms with E-state index in [1.807, 2.05) is 0 Å². The zero-order valence-electron chi connectivity index (χ0n) is 9.08. The van der Waals surface area contributed by atoms with E-state index in [1.54, 1.807) is 14.2 Å². The van der Waals surface area contributed by atoms with Crippen molar-refractivity contribution in [1.29, 1.82) is 0 Å². The predicted molar refractivity (Wildman–Crippen MR) is 57.2 cm³/mol. The van der Waals surface area contributed by atoms with Crippen LogP contribution in [0.4, 0.5) is 0 Å². The smallest absolute Gasteiger partial charge is 0.324 e. The summed E-state index contributed by atoms with van der Waals surface area (Å²) < 4.78 is 11.0. The Kier molecular flexibility index (Phi) is 4.99. The Morgan fingerprint density at radius 1 is 1.23 bits per heavy atom. The summed E-state index contributed by atoms with van der Waals surface area (Å²) in [6.07, 6.45) is 6.85. The van der Waals surface area contributed by atoms with Gasteiger partial charge in [-0.15, -0.1) is 0 Å². The Morgan fingerprint density at radius 3 is 2.15 bits per heavy atom. The van der Waals surface area contributed by atoms with E-state index in [0.717, 1.165) is 11.5 Å². The molecule has 0 N–H and O–H groups in total. The van der Waals surface area contributed by atoms with Gasteiger partial charge in [-0.2, -0.15) is 0 Å². The molecule has 0 heterocycles. The van der Waals surface area contributed by atoms with Crippen LogP contribution in [0.5, 0.6) is 0 Å². The van der Waals surface area contributed by atoms with Gasteiger partial charge in [0.2, 0.25) is 0 Å². The van der Waals surface area contributed by atoms with Crippen LogP contribution in [0.1, 0.15) is 39.0 Å². The monoisotopic (exact) mass is 202 g/mol. The summed E-state index contributed by atoms with van der Waals surface area (Å²) in [6, 6.07) is 0. The van der Waals surface area contributed by atoms with Gasteiger partial charge in [-0.1, -0.05) is 39.0 Å². The maximum absolute atomic E-state index is 5.48. The molecule has 1 saturated carbocycles. The lowest BCUT2D eigenvalue weighted by Gasteiger charge is -2.26. The Morgan fingerprint density at radius 2 is 1.77 bits per heavy atom. The Bertz CT molecular complexity index is 129. The standard InChI is InChI=1S/C10H22O2Si/c1-4-10(13(11-2)12-3)9-7-5-6-8-9/h9-10,13H,4-8H2,1-3H3. The molecule has 0 saturated heterocycles. The number of rotatable bonds is 5. The summed E-state index contributed by atoms with van der Waals surface area (Å²) in [6.45, 7) is 2.26. The van der Waals surface area contributed by atoms with Gasteiger partial charge >= 0.3 is 9.28 Å². The van der Waals surface area contributed by atoms with Crippen molar-refractivity contribution in [1.82, 2.24) is 0 Å². The molecule has 0 aliphatic heterocycles. The second-order valence-corrected chi connectivity index (χ2v) is 6.49. The van der Waals surface area contributed by atoms with Crippen molar-refractivity contribution in [2.75, 3.05) is 14.2 Å². The third kappa shape index (κ3) is 2.79. The fraction of sp³-hybridized carbons (Fsp3) is 1.00. The molecule has 0 aromatic rings. The molecule has 1 aliphatic rings. The van der Waals surface area contributed by atoms with E-state index in [9.17, 15) is 0 Å². The van der Waals surface area contributed by atoms with E-state index in [2.05, 4.69) is 6.92 Å². The van der Waals surface area contributed by atoms with Crippen molar-refractivity contribution in [3.8, 4) is 0 Å². The number of hydrogen-bond donors (Lipinski definition) is 0. The van der Waals surface area contributed by atoms with Crippen LogP contribution in [-0.2, 0) is 8.85 Å².